The lowest BCUT2D eigenvalue weighted by Crippen LogP contribution is -2.58. The fraction of sp³-hybridized carbons (Fsp3) is 0.591. The van der Waals surface area contributed by atoms with Gasteiger partial charge in [-0.05, 0) is 60.3 Å². The monoisotopic (exact) mass is 390 g/mol. The van der Waals surface area contributed by atoms with Crippen LogP contribution < -0.4 is 0 Å². The summed E-state index contributed by atoms with van der Waals surface area (Å²) in [6.45, 7) is 6.16. The first-order valence-corrected chi connectivity index (χ1v) is 9.67. The van der Waals surface area contributed by atoms with Gasteiger partial charge in [0.2, 0.25) is 11.6 Å². The van der Waals surface area contributed by atoms with Crippen LogP contribution in [-0.4, -0.2) is 34.7 Å². The molecule has 0 aliphatic heterocycles. The molecule has 0 unspecified atom stereocenters. The highest BCUT2D eigenvalue weighted by molar-refractivity contribution is 6.42. The zero-order chi connectivity index (χ0) is 20.6. The van der Waals surface area contributed by atoms with Crippen LogP contribution in [0.3, 0.4) is 0 Å². The molecule has 6 heteroatoms. The lowest BCUT2D eigenvalue weighted by molar-refractivity contribution is -0.154. The average molecular weight is 390 g/mol. The Labute approximate surface area is 162 Å². The van der Waals surface area contributed by atoms with Gasteiger partial charge in [0.05, 0.1) is 0 Å². The van der Waals surface area contributed by atoms with E-state index in [1.165, 1.54) is 6.08 Å². The van der Waals surface area contributed by atoms with Crippen molar-refractivity contribution in [2.75, 3.05) is 6.67 Å². The molecule has 2 fully saturated rings. The molecule has 0 saturated heterocycles. The second kappa shape index (κ2) is 5.78. The molecule has 0 aromatic carbocycles. The minimum Gasteiger partial charge on any atom is -0.377 e. The van der Waals surface area contributed by atoms with Gasteiger partial charge in [-0.15, -0.1) is 0 Å². The van der Waals surface area contributed by atoms with E-state index >= 15 is 4.39 Å². The van der Waals surface area contributed by atoms with Crippen molar-refractivity contribution < 1.29 is 28.3 Å². The van der Waals surface area contributed by atoms with Crippen molar-refractivity contribution in [2.24, 2.45) is 28.6 Å². The lowest BCUT2D eigenvalue weighted by Gasteiger charge is -2.56. The topological polar surface area (TPSA) is 71.4 Å². The maximum absolute atomic E-state index is 15.0. The van der Waals surface area contributed by atoms with Crippen molar-refractivity contribution in [3.05, 3.63) is 35.7 Å². The maximum atomic E-state index is 15.0. The summed E-state index contributed by atoms with van der Waals surface area (Å²) in [5.41, 5.74) is -3.16. The minimum atomic E-state index is -1.96. The number of alkyl halides is 1. The molecule has 6 atom stereocenters. The number of hydrogen-bond donors (Lipinski definition) is 1. The smallest absolute Gasteiger partial charge is 0.221 e. The molecule has 0 bridgehead atoms. The Hall–Kier alpha value is -1.95. The molecule has 0 heterocycles. The number of halogens is 2. The molecule has 0 aromatic heterocycles. The number of allylic oxidation sites excluding steroid dienone is 4. The predicted molar refractivity (Wildman–Crippen MR) is 97.5 cm³/mol. The summed E-state index contributed by atoms with van der Waals surface area (Å²) in [5, 5.41) is 11.2. The van der Waals surface area contributed by atoms with Crippen molar-refractivity contribution >= 4 is 17.3 Å². The zero-order valence-corrected chi connectivity index (χ0v) is 16.1. The van der Waals surface area contributed by atoms with Gasteiger partial charge in [0, 0.05) is 17.3 Å². The lowest BCUT2D eigenvalue weighted by atomic mass is 9.47. The molecule has 150 valence electrons. The summed E-state index contributed by atoms with van der Waals surface area (Å²) >= 11 is 0. The second-order valence-corrected chi connectivity index (χ2v) is 9.28. The summed E-state index contributed by atoms with van der Waals surface area (Å²) in [6, 6.07) is 0. The zero-order valence-electron chi connectivity index (χ0n) is 16.1. The van der Waals surface area contributed by atoms with E-state index in [0.29, 0.717) is 19.3 Å². The van der Waals surface area contributed by atoms with Crippen molar-refractivity contribution in [3.8, 4) is 0 Å². The first kappa shape index (κ1) is 19.4. The van der Waals surface area contributed by atoms with Gasteiger partial charge in [-0.1, -0.05) is 20.4 Å². The van der Waals surface area contributed by atoms with Gasteiger partial charge in [-0.25, -0.2) is 8.78 Å². The fourth-order valence-corrected chi connectivity index (χ4v) is 6.58. The van der Waals surface area contributed by atoms with Crippen LogP contribution in [0.2, 0.25) is 0 Å². The molecule has 0 radical (unpaired) electrons. The maximum Gasteiger partial charge on any atom is 0.221 e. The van der Waals surface area contributed by atoms with Crippen LogP contribution in [0.15, 0.2) is 35.7 Å². The van der Waals surface area contributed by atoms with E-state index in [4.69, 9.17) is 0 Å². The SMILES string of the molecule is C=C1C[C@H]2[C@@H]3C=C(F)C4=CC(=O)C(=O)C[C@]4(C)[C@H]3CC[C@]2(C)[C@@]1(O)C(=O)CF. The molecule has 1 N–H and O–H groups in total. The Morgan fingerprint density at radius 3 is 2.64 bits per heavy atom. The van der Waals surface area contributed by atoms with Crippen LogP contribution >= 0.6 is 0 Å². The Morgan fingerprint density at radius 1 is 1.32 bits per heavy atom. The number of Topliss-reactive ketones (excluding diaryl/α,β-unsaturated/α-hetero) is 2. The molecule has 4 nitrogen and oxygen atoms in total. The highest BCUT2D eigenvalue weighted by Crippen LogP contribution is 2.67. The third kappa shape index (κ3) is 2.10. The highest BCUT2D eigenvalue weighted by atomic mass is 19.1. The van der Waals surface area contributed by atoms with Crippen molar-refractivity contribution in [1.29, 1.82) is 0 Å². The van der Waals surface area contributed by atoms with Crippen LogP contribution in [0, 0.1) is 28.6 Å². The van der Waals surface area contributed by atoms with Gasteiger partial charge in [0.25, 0.3) is 0 Å². The molecular weight excluding hydrogens is 366 g/mol. The van der Waals surface area contributed by atoms with Gasteiger partial charge in [-0.2, -0.15) is 0 Å². The van der Waals surface area contributed by atoms with Gasteiger partial charge < -0.3 is 5.11 Å². The van der Waals surface area contributed by atoms with E-state index in [1.807, 2.05) is 6.92 Å². The molecule has 4 aliphatic rings. The van der Waals surface area contributed by atoms with Crippen LogP contribution in [0.1, 0.15) is 39.5 Å². The van der Waals surface area contributed by atoms with Crippen LogP contribution in [-0.2, 0) is 14.4 Å². The number of rotatable bonds is 2. The molecule has 0 amide bonds. The van der Waals surface area contributed by atoms with E-state index in [-0.39, 0.29) is 35.3 Å². The van der Waals surface area contributed by atoms with Gasteiger partial charge in [0.1, 0.15) is 5.83 Å². The number of carbonyl (C=O) groups excluding carboxylic acids is 3. The molecular formula is C22H24F2O4. The Balaban J connectivity index is 1.83. The normalized spacial score (nSPS) is 45.0. The molecule has 2 saturated carbocycles. The van der Waals surface area contributed by atoms with Crippen molar-refractivity contribution in [2.45, 2.75) is 45.1 Å². The second-order valence-electron chi connectivity index (χ2n) is 9.28. The van der Waals surface area contributed by atoms with Gasteiger partial charge >= 0.3 is 0 Å². The van der Waals surface area contributed by atoms with Gasteiger partial charge in [0.15, 0.2) is 18.1 Å². The van der Waals surface area contributed by atoms with Crippen molar-refractivity contribution in [3.63, 3.8) is 0 Å². The van der Waals surface area contributed by atoms with Crippen LogP contribution in [0.5, 0.6) is 0 Å². The van der Waals surface area contributed by atoms with E-state index in [0.717, 1.165) is 6.08 Å². The number of hydrogen-bond acceptors (Lipinski definition) is 4. The Morgan fingerprint density at radius 2 is 2.00 bits per heavy atom. The van der Waals surface area contributed by atoms with E-state index in [1.54, 1.807) is 6.92 Å². The fourth-order valence-electron chi connectivity index (χ4n) is 6.58. The quantitative estimate of drug-likeness (QED) is 0.581. The summed E-state index contributed by atoms with van der Waals surface area (Å²) in [7, 11) is 0. The summed E-state index contributed by atoms with van der Waals surface area (Å²) in [5.74, 6) is -3.35. The number of ketones is 3. The number of carbonyl (C=O) groups is 3. The van der Waals surface area contributed by atoms with Crippen LogP contribution in [0.25, 0.3) is 0 Å². The largest absolute Gasteiger partial charge is 0.377 e. The average Bonchev–Trinajstić information content (AvgIpc) is 2.85. The van der Waals surface area contributed by atoms with E-state index in [2.05, 4.69) is 6.58 Å². The minimum absolute atomic E-state index is 0.0435. The van der Waals surface area contributed by atoms with Crippen LogP contribution in [0.4, 0.5) is 8.78 Å². The standard InChI is InChI=1S/C22H24F2O4/c1-11-6-14-12-7-16(24)15-8-17(25)18(26)9-20(15,2)13(12)4-5-21(14,3)22(11,28)19(27)10-23/h7-8,12-14,28H,1,4-6,9-10H2,2-3H3/t12-,13+,14+,20-,21+,22+/m1/s1. The molecule has 0 aromatic rings. The molecule has 0 spiro atoms. The molecule has 4 aliphatic carbocycles. The highest BCUT2D eigenvalue weighted by Gasteiger charge is 2.68. The first-order valence-electron chi connectivity index (χ1n) is 9.67. The Bertz CT molecular complexity index is 887. The summed E-state index contributed by atoms with van der Waals surface area (Å²) < 4.78 is 28.3. The predicted octanol–water partition coefficient (Wildman–Crippen LogP) is 3.21. The molecule has 28 heavy (non-hydrogen) atoms. The van der Waals surface area contributed by atoms with E-state index in [9.17, 15) is 23.9 Å². The number of aliphatic hydroxyl groups is 1. The van der Waals surface area contributed by atoms with Gasteiger partial charge in [-0.3, -0.25) is 14.4 Å². The number of fused-ring (bicyclic) bond motifs is 5. The third-order valence-corrected chi connectivity index (χ3v) is 8.16. The Kier molecular flexibility index (Phi) is 4.00. The van der Waals surface area contributed by atoms with Crippen molar-refractivity contribution in [1.82, 2.24) is 0 Å². The summed E-state index contributed by atoms with van der Waals surface area (Å²) in [4.78, 5) is 36.3. The van der Waals surface area contributed by atoms with E-state index < -0.39 is 46.3 Å². The third-order valence-electron chi connectivity index (χ3n) is 8.16. The summed E-state index contributed by atoms with van der Waals surface area (Å²) in [6.07, 6.45) is 3.82. The first-order chi connectivity index (χ1) is 13.0. The molecule has 4 rings (SSSR count).